The maximum absolute atomic E-state index is 12.6. The van der Waals surface area contributed by atoms with Crippen LogP contribution in [0, 0.1) is 0 Å². The van der Waals surface area contributed by atoms with Crippen LogP contribution in [0.4, 0.5) is 0 Å². The van der Waals surface area contributed by atoms with Gasteiger partial charge in [-0.1, -0.05) is 144 Å². The molecule has 1 unspecified atom stereocenters. The number of unbranched alkanes of at least 4 members (excludes halogenated alkanes) is 11. The second-order valence-corrected chi connectivity index (χ2v) is 17.3. The summed E-state index contributed by atoms with van der Waals surface area (Å²) in [5.41, 5.74) is 0. The first-order chi connectivity index (χ1) is 29.4. The number of hydrogen-bond donors (Lipinski definition) is 4. The molecule has 15 heteroatoms. The summed E-state index contributed by atoms with van der Waals surface area (Å²) in [6, 6.07) is 0. The number of carbonyl (C=O) groups excluding carboxylic acids is 2. The van der Waals surface area contributed by atoms with Gasteiger partial charge in [-0.15, -0.1) is 0 Å². The largest absolute Gasteiger partial charge is 0.472 e. The van der Waals surface area contributed by atoms with Crippen molar-refractivity contribution >= 4 is 27.6 Å². The molecule has 13 nitrogen and oxygen atoms in total. The van der Waals surface area contributed by atoms with Gasteiger partial charge in [0.05, 0.1) is 19.8 Å². The molecule has 350 valence electrons. The zero-order valence-electron chi connectivity index (χ0n) is 37.0. The fraction of sp³-hybridized carbons (Fsp3) is 0.652. The Labute approximate surface area is 367 Å². The molecule has 0 radical (unpaired) electrons. The Hall–Kier alpha value is -2.70. The summed E-state index contributed by atoms with van der Waals surface area (Å²) < 4.78 is 47.7. The van der Waals surface area contributed by atoms with Crippen molar-refractivity contribution in [2.45, 2.75) is 167 Å². The van der Waals surface area contributed by atoms with E-state index in [1.165, 1.54) is 38.5 Å². The molecule has 0 bridgehead atoms. The number of allylic oxidation sites excluding steroid dienone is 14. The standard InChI is InChI=1S/C46H78O13P2/c1-3-5-7-9-11-13-15-17-19-20-21-22-24-26-28-30-32-34-36-38-46(49)59-44(42-58-61(53,54)57-40-43(47)39-56-60(50,51)52)41-55-45(48)37-35-33-31-29-27-25-23-18-16-14-12-10-8-6-4-2/h11-14,17-19,21-23,26,28,32,34,43-44,47H,3-10,15-16,20,24-25,27,29-31,33,35-42H2,1-2H3,(H,53,54)(H2,50,51,52)/b13-11-,14-12-,19-17-,22-21-,23-18-,28-26-,34-32-/t43-,44+/m0/s1. The minimum atomic E-state index is -4.87. The van der Waals surface area contributed by atoms with Gasteiger partial charge in [0.25, 0.3) is 0 Å². The highest BCUT2D eigenvalue weighted by molar-refractivity contribution is 7.47. The van der Waals surface area contributed by atoms with Crippen LogP contribution < -0.4 is 0 Å². The summed E-state index contributed by atoms with van der Waals surface area (Å²) in [5.74, 6) is -1.15. The maximum Gasteiger partial charge on any atom is 0.472 e. The minimum Gasteiger partial charge on any atom is -0.462 e. The first-order valence-corrected chi connectivity index (χ1v) is 25.3. The molecule has 0 amide bonds. The number of phosphoric acid groups is 2. The second kappa shape index (κ2) is 41.3. The topological polar surface area (TPSA) is 195 Å². The average Bonchev–Trinajstić information content (AvgIpc) is 3.22. The van der Waals surface area contributed by atoms with E-state index in [1.54, 1.807) is 0 Å². The highest BCUT2D eigenvalue weighted by Crippen LogP contribution is 2.43. The Kier molecular flexibility index (Phi) is 39.5. The van der Waals surface area contributed by atoms with Gasteiger partial charge >= 0.3 is 27.6 Å². The first-order valence-electron chi connectivity index (χ1n) is 22.3. The van der Waals surface area contributed by atoms with Gasteiger partial charge in [0.15, 0.2) is 6.10 Å². The summed E-state index contributed by atoms with van der Waals surface area (Å²) in [7, 11) is -9.71. The number of aliphatic hydroxyl groups is 1. The van der Waals surface area contributed by atoms with Gasteiger partial charge in [0.1, 0.15) is 12.7 Å². The average molecular weight is 901 g/mol. The van der Waals surface area contributed by atoms with Crippen LogP contribution in [-0.2, 0) is 41.8 Å². The van der Waals surface area contributed by atoms with Crippen molar-refractivity contribution in [3.8, 4) is 0 Å². The van der Waals surface area contributed by atoms with E-state index in [-0.39, 0.29) is 12.8 Å². The van der Waals surface area contributed by atoms with Crippen molar-refractivity contribution in [1.82, 2.24) is 0 Å². The zero-order chi connectivity index (χ0) is 45.1. The normalized spacial score (nSPS) is 14.8. The van der Waals surface area contributed by atoms with Crippen LogP contribution in [0.25, 0.3) is 0 Å². The third-order valence-corrected chi connectivity index (χ3v) is 10.2. The molecule has 61 heavy (non-hydrogen) atoms. The lowest BCUT2D eigenvalue weighted by molar-refractivity contribution is -0.161. The van der Waals surface area contributed by atoms with Crippen molar-refractivity contribution in [2.24, 2.45) is 0 Å². The van der Waals surface area contributed by atoms with Gasteiger partial charge < -0.3 is 29.3 Å². The number of carbonyl (C=O) groups is 2. The molecular formula is C46H78O13P2. The van der Waals surface area contributed by atoms with E-state index < -0.39 is 66.2 Å². The van der Waals surface area contributed by atoms with E-state index in [0.717, 1.165) is 70.6 Å². The van der Waals surface area contributed by atoms with Crippen molar-refractivity contribution in [3.05, 3.63) is 85.1 Å². The van der Waals surface area contributed by atoms with Gasteiger partial charge in [-0.05, 0) is 83.5 Å². The highest BCUT2D eigenvalue weighted by Gasteiger charge is 2.28. The molecule has 4 N–H and O–H groups in total. The fourth-order valence-corrected chi connectivity index (χ4v) is 6.51. The molecule has 0 aliphatic rings. The van der Waals surface area contributed by atoms with Crippen molar-refractivity contribution in [3.63, 3.8) is 0 Å². The van der Waals surface area contributed by atoms with Gasteiger partial charge in [-0.3, -0.25) is 23.2 Å². The number of hydrogen-bond acceptors (Lipinski definition) is 10. The van der Waals surface area contributed by atoms with E-state index in [0.29, 0.717) is 19.3 Å². The number of ether oxygens (including phenoxy) is 2. The van der Waals surface area contributed by atoms with Gasteiger partial charge in [-0.2, -0.15) is 0 Å². The minimum absolute atomic E-state index is 0.000573. The number of aliphatic hydroxyl groups excluding tert-OH is 1. The smallest absolute Gasteiger partial charge is 0.462 e. The summed E-state index contributed by atoms with van der Waals surface area (Å²) in [6.45, 7) is 1.60. The monoisotopic (exact) mass is 900 g/mol. The van der Waals surface area contributed by atoms with Gasteiger partial charge in [0, 0.05) is 12.8 Å². The van der Waals surface area contributed by atoms with Crippen LogP contribution in [0.15, 0.2) is 85.1 Å². The molecule has 0 fully saturated rings. The molecular weight excluding hydrogens is 822 g/mol. The summed E-state index contributed by atoms with van der Waals surface area (Å²) >= 11 is 0. The van der Waals surface area contributed by atoms with Gasteiger partial charge in [-0.25, -0.2) is 9.13 Å². The van der Waals surface area contributed by atoms with E-state index in [1.807, 2.05) is 18.2 Å². The predicted molar refractivity (Wildman–Crippen MR) is 243 cm³/mol. The molecule has 0 aromatic carbocycles. The molecule has 0 heterocycles. The molecule has 0 spiro atoms. The lowest BCUT2D eigenvalue weighted by atomic mass is 10.1. The fourth-order valence-electron chi connectivity index (χ4n) is 5.36. The molecule has 0 aliphatic carbocycles. The number of phosphoric ester groups is 2. The lowest BCUT2D eigenvalue weighted by Gasteiger charge is -2.20. The number of esters is 2. The Morgan fingerprint density at radius 3 is 1.38 bits per heavy atom. The van der Waals surface area contributed by atoms with E-state index >= 15 is 0 Å². The second-order valence-electron chi connectivity index (χ2n) is 14.6. The van der Waals surface area contributed by atoms with E-state index in [2.05, 4.69) is 89.7 Å². The SMILES string of the molecule is CCCCC/C=C\C/C=C\C/C=C\C/C=C\C/C=C\CCC(=O)O[C@H](COC(=O)CCCCCCC/C=C\C/C=C\CCCCC)COP(=O)(O)OC[C@@H](O)COP(=O)(O)O. The molecule has 0 saturated carbocycles. The molecule has 0 aromatic rings. The van der Waals surface area contributed by atoms with Crippen LogP contribution in [0.5, 0.6) is 0 Å². The zero-order valence-corrected chi connectivity index (χ0v) is 38.8. The van der Waals surface area contributed by atoms with Crippen LogP contribution in [0.1, 0.15) is 155 Å². The molecule has 0 rings (SSSR count). The Morgan fingerprint density at radius 1 is 0.475 bits per heavy atom. The van der Waals surface area contributed by atoms with Crippen molar-refractivity contribution in [2.75, 3.05) is 26.4 Å². The van der Waals surface area contributed by atoms with Crippen molar-refractivity contribution in [1.29, 1.82) is 0 Å². The van der Waals surface area contributed by atoms with E-state index in [4.69, 9.17) is 23.8 Å². The quantitative estimate of drug-likeness (QED) is 0.0196. The van der Waals surface area contributed by atoms with Crippen LogP contribution in [0.3, 0.4) is 0 Å². The Bertz CT molecular complexity index is 1400. The lowest BCUT2D eigenvalue weighted by Crippen LogP contribution is -2.29. The van der Waals surface area contributed by atoms with Gasteiger partial charge in [0.2, 0.25) is 0 Å². The summed E-state index contributed by atoms with van der Waals surface area (Å²) in [5, 5.41) is 9.75. The van der Waals surface area contributed by atoms with Crippen molar-refractivity contribution < 1.29 is 61.6 Å². The molecule has 0 aliphatic heterocycles. The van der Waals surface area contributed by atoms with E-state index in [9.17, 15) is 28.7 Å². The highest BCUT2D eigenvalue weighted by atomic mass is 31.2. The molecule has 0 aromatic heterocycles. The summed E-state index contributed by atoms with van der Waals surface area (Å²) in [4.78, 5) is 52.7. The third-order valence-electron chi connectivity index (χ3n) is 8.76. The molecule has 3 atom stereocenters. The third kappa shape index (κ3) is 45.1. The Balaban J connectivity index is 4.67. The predicted octanol–water partition coefficient (Wildman–Crippen LogP) is 11.6. The first kappa shape index (κ1) is 58.3. The summed E-state index contributed by atoms with van der Waals surface area (Å²) in [6.07, 6.45) is 47.3. The Morgan fingerprint density at radius 2 is 0.885 bits per heavy atom. The molecule has 0 saturated heterocycles. The van der Waals surface area contributed by atoms with Crippen LogP contribution in [0.2, 0.25) is 0 Å². The van der Waals surface area contributed by atoms with Crippen LogP contribution >= 0.6 is 15.6 Å². The number of rotatable bonds is 41. The van der Waals surface area contributed by atoms with Crippen LogP contribution in [-0.4, -0.2) is 70.4 Å². The maximum atomic E-state index is 12.6.